The van der Waals surface area contributed by atoms with Crippen molar-refractivity contribution in [2.75, 3.05) is 26.1 Å². The average Bonchev–Trinajstić information content (AvgIpc) is 2.85. The van der Waals surface area contributed by atoms with E-state index in [1.807, 2.05) is 24.3 Å². The number of benzene rings is 3. The van der Waals surface area contributed by atoms with Gasteiger partial charge in [-0.25, -0.2) is 4.39 Å². The molecular weight excluding hydrogens is 459 g/mol. The monoisotopic (exact) mass is 480 g/mol. The molecule has 0 saturated carbocycles. The molecule has 0 unspecified atom stereocenters. The van der Waals surface area contributed by atoms with Crippen LogP contribution in [0.4, 0.5) is 10.1 Å². The Bertz CT molecular complexity index is 1310. The van der Waals surface area contributed by atoms with Gasteiger partial charge in [0.15, 0.2) is 11.5 Å². The van der Waals surface area contributed by atoms with Gasteiger partial charge < -0.3 is 19.7 Å². The molecule has 1 N–H and O–H groups in total. The van der Waals surface area contributed by atoms with Crippen LogP contribution >= 0.6 is 11.6 Å². The zero-order valence-electron chi connectivity index (χ0n) is 18.6. The van der Waals surface area contributed by atoms with Crippen LogP contribution in [0.3, 0.4) is 0 Å². The van der Waals surface area contributed by atoms with Crippen molar-refractivity contribution in [3.63, 3.8) is 0 Å². The predicted molar refractivity (Wildman–Crippen MR) is 126 cm³/mol. The smallest absolute Gasteiger partial charge is 0.254 e. The molecule has 2 aliphatic heterocycles. The SMILES string of the molecule is COc1cc2c(cc1OC)[C@@H](C(=O)Nc1ccc(F)cc1Cl)[C@H]1c3ccccc3CCN1C2=O. The van der Waals surface area contributed by atoms with Gasteiger partial charge in [-0.2, -0.15) is 0 Å². The Balaban J connectivity index is 1.68. The number of hydrogen-bond acceptors (Lipinski definition) is 4. The highest BCUT2D eigenvalue weighted by Crippen LogP contribution is 2.48. The maximum atomic E-state index is 13.8. The van der Waals surface area contributed by atoms with Crippen LogP contribution in [0.1, 0.15) is 39.0 Å². The molecule has 174 valence electrons. The maximum Gasteiger partial charge on any atom is 0.254 e. The lowest BCUT2D eigenvalue weighted by Crippen LogP contribution is -2.49. The summed E-state index contributed by atoms with van der Waals surface area (Å²) in [4.78, 5) is 29.1. The van der Waals surface area contributed by atoms with Crippen molar-refractivity contribution in [2.24, 2.45) is 0 Å². The Morgan fingerprint density at radius 2 is 1.79 bits per heavy atom. The van der Waals surface area contributed by atoms with E-state index in [0.717, 1.165) is 17.2 Å². The molecule has 2 heterocycles. The highest BCUT2D eigenvalue weighted by atomic mass is 35.5. The summed E-state index contributed by atoms with van der Waals surface area (Å²) in [6.07, 6.45) is 0.694. The zero-order chi connectivity index (χ0) is 24.0. The first-order valence-corrected chi connectivity index (χ1v) is 11.2. The maximum absolute atomic E-state index is 13.8. The summed E-state index contributed by atoms with van der Waals surface area (Å²) in [5, 5.41) is 2.94. The number of nitrogens with zero attached hydrogens (tertiary/aromatic N) is 1. The van der Waals surface area contributed by atoms with Gasteiger partial charge in [-0.15, -0.1) is 0 Å². The van der Waals surface area contributed by atoms with Gasteiger partial charge in [0.25, 0.3) is 5.91 Å². The van der Waals surface area contributed by atoms with E-state index in [-0.39, 0.29) is 16.8 Å². The summed E-state index contributed by atoms with van der Waals surface area (Å²) in [7, 11) is 3.00. The number of fused-ring (bicyclic) bond motifs is 4. The molecule has 0 aliphatic carbocycles. The van der Waals surface area contributed by atoms with E-state index in [9.17, 15) is 14.0 Å². The standard InChI is InChI=1S/C26H22ClFN2O4/c1-33-21-12-17-18(13-22(21)34-2)26(32)30-10-9-14-5-3-4-6-16(14)24(30)23(17)25(31)29-20-8-7-15(28)11-19(20)27/h3-8,11-13,23-24H,9-10H2,1-2H3,(H,29,31)/t23-,24-/m1/s1. The normalized spacial score (nSPS) is 18.5. The number of ether oxygens (including phenoxy) is 2. The molecule has 3 aromatic rings. The van der Waals surface area contributed by atoms with E-state index in [0.29, 0.717) is 41.3 Å². The van der Waals surface area contributed by atoms with Gasteiger partial charge in [-0.05, 0) is 53.4 Å². The van der Waals surface area contributed by atoms with Gasteiger partial charge >= 0.3 is 0 Å². The van der Waals surface area contributed by atoms with E-state index in [1.54, 1.807) is 17.0 Å². The number of halogens is 2. The second-order valence-electron chi connectivity index (χ2n) is 8.28. The van der Waals surface area contributed by atoms with E-state index in [2.05, 4.69) is 5.32 Å². The first-order valence-electron chi connectivity index (χ1n) is 10.8. The first-order chi connectivity index (χ1) is 16.4. The molecule has 2 atom stereocenters. The molecule has 0 aromatic heterocycles. The number of carbonyl (C=O) groups excluding carboxylic acids is 2. The molecule has 8 heteroatoms. The molecule has 0 spiro atoms. The second kappa shape index (κ2) is 8.65. The van der Waals surface area contributed by atoms with Crippen molar-refractivity contribution in [2.45, 2.75) is 18.4 Å². The highest BCUT2D eigenvalue weighted by molar-refractivity contribution is 6.33. The van der Waals surface area contributed by atoms with Gasteiger partial charge in [0.1, 0.15) is 5.82 Å². The summed E-state index contributed by atoms with van der Waals surface area (Å²) < 4.78 is 24.4. The summed E-state index contributed by atoms with van der Waals surface area (Å²) in [5.41, 5.74) is 3.24. The van der Waals surface area contributed by atoms with Crippen molar-refractivity contribution >= 4 is 29.1 Å². The Labute approximate surface area is 201 Å². The number of amides is 2. The molecule has 5 rings (SSSR count). The summed E-state index contributed by atoms with van der Waals surface area (Å²) in [6.45, 7) is 0.482. The summed E-state index contributed by atoms with van der Waals surface area (Å²) >= 11 is 6.19. The molecule has 0 bridgehead atoms. The van der Waals surface area contributed by atoms with Gasteiger partial charge in [0.2, 0.25) is 5.91 Å². The fourth-order valence-corrected chi connectivity index (χ4v) is 5.15. The van der Waals surface area contributed by atoms with Gasteiger partial charge in [0.05, 0.1) is 36.9 Å². The molecule has 6 nitrogen and oxygen atoms in total. The lowest BCUT2D eigenvalue weighted by Gasteiger charge is -2.45. The lowest BCUT2D eigenvalue weighted by atomic mass is 9.75. The van der Waals surface area contributed by atoms with Crippen LogP contribution in [0.15, 0.2) is 54.6 Å². The number of methoxy groups -OCH3 is 2. The fraction of sp³-hybridized carbons (Fsp3) is 0.231. The van der Waals surface area contributed by atoms with Crippen LogP contribution < -0.4 is 14.8 Å². The quantitative estimate of drug-likeness (QED) is 0.572. The Morgan fingerprint density at radius 1 is 1.06 bits per heavy atom. The largest absolute Gasteiger partial charge is 0.493 e. The van der Waals surface area contributed by atoms with E-state index in [4.69, 9.17) is 21.1 Å². The van der Waals surface area contributed by atoms with Gasteiger partial charge in [0, 0.05) is 12.1 Å². The fourth-order valence-electron chi connectivity index (χ4n) is 4.93. The third-order valence-corrected chi connectivity index (χ3v) is 6.81. The number of rotatable bonds is 4. The van der Waals surface area contributed by atoms with Crippen LogP contribution in [-0.4, -0.2) is 37.5 Å². The second-order valence-corrected chi connectivity index (χ2v) is 8.68. The highest BCUT2D eigenvalue weighted by Gasteiger charge is 2.47. The Morgan fingerprint density at radius 3 is 2.53 bits per heavy atom. The third-order valence-electron chi connectivity index (χ3n) is 6.50. The third kappa shape index (κ3) is 3.56. The van der Waals surface area contributed by atoms with Crippen LogP contribution in [0.2, 0.25) is 5.02 Å². The van der Waals surface area contributed by atoms with Gasteiger partial charge in [-0.1, -0.05) is 35.9 Å². The zero-order valence-corrected chi connectivity index (χ0v) is 19.4. The molecule has 2 aliphatic rings. The van der Waals surface area contributed by atoms with Crippen LogP contribution in [0.25, 0.3) is 0 Å². The predicted octanol–water partition coefficient (Wildman–Crippen LogP) is 4.97. The van der Waals surface area contributed by atoms with E-state index in [1.165, 1.54) is 26.4 Å². The minimum absolute atomic E-state index is 0.0914. The van der Waals surface area contributed by atoms with E-state index >= 15 is 0 Å². The average molecular weight is 481 g/mol. The molecule has 0 fully saturated rings. The minimum atomic E-state index is -0.755. The van der Waals surface area contributed by atoms with Crippen LogP contribution in [0.5, 0.6) is 11.5 Å². The van der Waals surface area contributed by atoms with Crippen molar-refractivity contribution in [3.8, 4) is 11.5 Å². The van der Waals surface area contributed by atoms with Gasteiger partial charge in [-0.3, -0.25) is 9.59 Å². The molecular formula is C26H22ClFN2O4. The molecule has 3 aromatic carbocycles. The minimum Gasteiger partial charge on any atom is -0.493 e. The van der Waals surface area contributed by atoms with Crippen molar-refractivity contribution in [1.29, 1.82) is 0 Å². The van der Waals surface area contributed by atoms with Crippen LogP contribution in [-0.2, 0) is 11.2 Å². The van der Waals surface area contributed by atoms with Crippen molar-refractivity contribution in [3.05, 3.63) is 87.7 Å². The Kier molecular flexibility index (Phi) is 5.65. The number of carbonyl (C=O) groups is 2. The number of anilines is 1. The molecule has 34 heavy (non-hydrogen) atoms. The molecule has 0 saturated heterocycles. The summed E-state index contributed by atoms with van der Waals surface area (Å²) in [5.74, 6) is -0.952. The molecule has 2 amide bonds. The first kappa shape index (κ1) is 22.2. The topological polar surface area (TPSA) is 67.9 Å². The van der Waals surface area contributed by atoms with E-state index < -0.39 is 17.8 Å². The van der Waals surface area contributed by atoms with Crippen molar-refractivity contribution < 1.29 is 23.5 Å². The van der Waals surface area contributed by atoms with Crippen molar-refractivity contribution in [1.82, 2.24) is 4.90 Å². The molecule has 0 radical (unpaired) electrons. The number of nitrogens with one attached hydrogen (secondary N) is 1. The van der Waals surface area contributed by atoms with Crippen LogP contribution in [0, 0.1) is 5.82 Å². The lowest BCUT2D eigenvalue weighted by molar-refractivity contribution is -0.119. The number of hydrogen-bond donors (Lipinski definition) is 1. The Hall–Kier alpha value is -3.58. The summed E-state index contributed by atoms with van der Waals surface area (Å²) in [6, 6.07) is 14.4.